The van der Waals surface area contributed by atoms with Gasteiger partial charge in [-0.1, -0.05) is 134 Å². The van der Waals surface area contributed by atoms with Crippen molar-refractivity contribution in [2.24, 2.45) is 5.92 Å². The Morgan fingerprint density at radius 3 is 1.89 bits per heavy atom. The summed E-state index contributed by atoms with van der Waals surface area (Å²) in [5.74, 6) is -3.12. The normalized spacial score (nSPS) is 12.9. The number of rotatable bonds is 26. The van der Waals surface area contributed by atoms with Crippen LogP contribution < -0.4 is 21.3 Å². The number of carboxylic acid groups (broad SMARTS) is 1. The molecule has 11 nitrogen and oxygen atoms in total. The van der Waals surface area contributed by atoms with E-state index in [1.54, 1.807) is 6.20 Å². The Labute approximate surface area is 314 Å². The summed E-state index contributed by atoms with van der Waals surface area (Å²) in [5, 5.41) is 21.7. The van der Waals surface area contributed by atoms with Crippen LogP contribution >= 0.6 is 0 Å². The number of aromatic nitrogens is 1. The monoisotopic (exact) mass is 731 g/mol. The highest BCUT2D eigenvalue weighted by atomic mass is 16.4. The third-order valence-electron chi connectivity index (χ3n) is 9.44. The van der Waals surface area contributed by atoms with Gasteiger partial charge in [0.15, 0.2) is 0 Å². The van der Waals surface area contributed by atoms with Gasteiger partial charge in [0, 0.05) is 36.4 Å². The van der Waals surface area contributed by atoms with Crippen molar-refractivity contribution in [2.45, 2.75) is 135 Å². The second-order valence-corrected chi connectivity index (χ2v) is 14.5. The zero-order valence-electron chi connectivity index (χ0n) is 31.9. The molecule has 4 amide bonds. The van der Waals surface area contributed by atoms with Gasteiger partial charge in [-0.15, -0.1) is 0 Å². The number of H-pyrrole nitrogens is 1. The van der Waals surface area contributed by atoms with Gasteiger partial charge in [0.05, 0.1) is 6.54 Å². The number of fused-ring (bicyclic) bond motifs is 1. The van der Waals surface area contributed by atoms with E-state index in [1.165, 1.54) is 51.4 Å². The van der Waals surface area contributed by atoms with Crippen LogP contribution in [0.2, 0.25) is 0 Å². The molecule has 0 aliphatic rings. The van der Waals surface area contributed by atoms with E-state index in [-0.39, 0.29) is 31.2 Å². The molecule has 1 heterocycles. The van der Waals surface area contributed by atoms with Crippen LogP contribution in [0.25, 0.3) is 10.9 Å². The highest BCUT2D eigenvalue weighted by Crippen LogP contribution is 2.19. The van der Waals surface area contributed by atoms with Crippen molar-refractivity contribution in [3.05, 3.63) is 71.9 Å². The molecule has 0 bridgehead atoms. The quantitative estimate of drug-likeness (QED) is 0.0526. The van der Waals surface area contributed by atoms with Crippen molar-refractivity contribution in [1.29, 1.82) is 0 Å². The topological polar surface area (TPSA) is 169 Å². The third kappa shape index (κ3) is 16.3. The predicted octanol–water partition coefficient (Wildman–Crippen LogP) is 6.36. The third-order valence-corrected chi connectivity index (χ3v) is 9.44. The summed E-state index contributed by atoms with van der Waals surface area (Å²) in [5.41, 5.74) is 2.36. The van der Waals surface area contributed by atoms with Crippen molar-refractivity contribution in [2.75, 3.05) is 6.54 Å². The number of aromatic amines is 1. The first-order chi connectivity index (χ1) is 25.6. The summed E-state index contributed by atoms with van der Waals surface area (Å²) >= 11 is 0. The molecule has 0 aliphatic carbocycles. The van der Waals surface area contributed by atoms with Gasteiger partial charge in [0.25, 0.3) is 0 Å². The van der Waals surface area contributed by atoms with Crippen LogP contribution in [0.1, 0.15) is 115 Å². The maximum atomic E-state index is 13.7. The van der Waals surface area contributed by atoms with Gasteiger partial charge < -0.3 is 31.4 Å². The lowest BCUT2D eigenvalue weighted by atomic mass is 10.00. The summed E-state index contributed by atoms with van der Waals surface area (Å²) in [6.45, 7) is 5.79. The van der Waals surface area contributed by atoms with Gasteiger partial charge in [0.2, 0.25) is 23.6 Å². The molecule has 290 valence electrons. The number of amides is 4. The van der Waals surface area contributed by atoms with Gasteiger partial charge in [-0.25, -0.2) is 4.79 Å². The lowest BCUT2D eigenvalue weighted by molar-refractivity contribution is -0.142. The number of unbranched alkanes of at least 4 members (excludes halogenated alkanes) is 10. The van der Waals surface area contributed by atoms with Crippen LogP contribution in [-0.2, 0) is 36.8 Å². The SMILES string of the molecule is CCCCCCCCCCCCCC(=O)NCC(=O)N[C@@H](CC(C)C)C(=O)N[C@@H](Cc1ccccc1)C(=O)N[C@@H](Cc1c[nH]c2ccccc12)C(=O)O. The van der Waals surface area contributed by atoms with Gasteiger partial charge >= 0.3 is 5.97 Å². The number of carbonyl (C=O) groups is 5. The first-order valence-electron chi connectivity index (χ1n) is 19.6. The molecule has 0 aliphatic heterocycles. The zero-order chi connectivity index (χ0) is 38.4. The van der Waals surface area contributed by atoms with E-state index in [4.69, 9.17) is 0 Å². The molecule has 3 atom stereocenters. The summed E-state index contributed by atoms with van der Waals surface area (Å²) < 4.78 is 0. The van der Waals surface area contributed by atoms with Crippen LogP contribution in [0.4, 0.5) is 0 Å². The summed E-state index contributed by atoms with van der Waals surface area (Å²) in [6.07, 6.45) is 15.5. The smallest absolute Gasteiger partial charge is 0.326 e. The van der Waals surface area contributed by atoms with Gasteiger partial charge in [0.1, 0.15) is 18.1 Å². The maximum Gasteiger partial charge on any atom is 0.326 e. The Hall–Kier alpha value is -4.67. The predicted molar refractivity (Wildman–Crippen MR) is 209 cm³/mol. The highest BCUT2D eigenvalue weighted by Gasteiger charge is 2.30. The van der Waals surface area contributed by atoms with Crippen molar-refractivity contribution >= 4 is 40.5 Å². The van der Waals surface area contributed by atoms with Crippen molar-refractivity contribution < 1.29 is 29.1 Å². The number of aliphatic carboxylic acids is 1. The number of carbonyl (C=O) groups excluding carboxylic acids is 4. The number of para-hydroxylation sites is 1. The fourth-order valence-corrected chi connectivity index (χ4v) is 6.49. The molecule has 0 fully saturated rings. The second kappa shape index (κ2) is 23.8. The molecule has 53 heavy (non-hydrogen) atoms. The van der Waals surface area contributed by atoms with Crippen LogP contribution in [0, 0.1) is 5.92 Å². The van der Waals surface area contributed by atoms with Crippen LogP contribution in [0.15, 0.2) is 60.8 Å². The summed E-state index contributed by atoms with van der Waals surface area (Å²) in [6, 6.07) is 13.3. The van der Waals surface area contributed by atoms with Gasteiger partial charge in [-0.2, -0.15) is 0 Å². The van der Waals surface area contributed by atoms with Crippen molar-refractivity contribution in [3.8, 4) is 0 Å². The molecule has 0 spiro atoms. The number of nitrogens with one attached hydrogen (secondary N) is 5. The van der Waals surface area contributed by atoms with Crippen LogP contribution in [-0.4, -0.2) is 64.4 Å². The Balaban J connectivity index is 1.54. The zero-order valence-corrected chi connectivity index (χ0v) is 31.9. The molecule has 6 N–H and O–H groups in total. The van der Waals surface area contributed by atoms with E-state index in [1.807, 2.05) is 68.4 Å². The fourth-order valence-electron chi connectivity index (χ4n) is 6.49. The van der Waals surface area contributed by atoms with E-state index in [0.29, 0.717) is 12.8 Å². The Kier molecular flexibility index (Phi) is 19.2. The molecule has 0 saturated carbocycles. The molecule has 3 aromatic rings. The molecule has 0 unspecified atom stereocenters. The fraction of sp³-hybridized carbons (Fsp3) is 0.548. The van der Waals surface area contributed by atoms with E-state index in [9.17, 15) is 29.1 Å². The molecule has 0 radical (unpaired) electrons. The lowest BCUT2D eigenvalue weighted by Gasteiger charge is -2.25. The molecule has 2 aromatic carbocycles. The molecular weight excluding hydrogens is 670 g/mol. The van der Waals surface area contributed by atoms with E-state index in [2.05, 4.69) is 33.2 Å². The highest BCUT2D eigenvalue weighted by molar-refractivity contribution is 5.94. The van der Waals surface area contributed by atoms with Crippen LogP contribution in [0.5, 0.6) is 0 Å². The van der Waals surface area contributed by atoms with Crippen molar-refractivity contribution in [3.63, 3.8) is 0 Å². The van der Waals surface area contributed by atoms with E-state index >= 15 is 0 Å². The van der Waals surface area contributed by atoms with Crippen LogP contribution in [0.3, 0.4) is 0 Å². The second-order valence-electron chi connectivity index (χ2n) is 14.5. The van der Waals surface area contributed by atoms with Gasteiger partial charge in [-0.05, 0) is 36.0 Å². The molecular formula is C42H61N5O6. The standard InChI is InChI=1S/C42H61N5O6/c1-4-5-6-7-8-9-10-11-12-13-17-24-38(48)44-29-39(49)45-35(25-30(2)3)40(50)46-36(26-31-20-15-14-16-21-31)41(51)47-37(42(52)53)27-32-28-43-34-23-19-18-22-33(32)34/h14-16,18-23,28,30,35-37,43H,4-13,17,24-27,29H2,1-3H3,(H,44,48)(H,45,49)(H,46,50)(H,47,51)(H,52,53)/t35-,36-,37-/m0/s1. The summed E-state index contributed by atoms with van der Waals surface area (Å²) in [7, 11) is 0. The Morgan fingerprint density at radius 1 is 0.660 bits per heavy atom. The Bertz CT molecular complexity index is 1570. The van der Waals surface area contributed by atoms with E-state index < -0.39 is 41.8 Å². The minimum absolute atomic E-state index is 0.0238. The largest absolute Gasteiger partial charge is 0.480 e. The Morgan fingerprint density at radius 2 is 1.25 bits per heavy atom. The number of hydrogen-bond acceptors (Lipinski definition) is 5. The molecule has 1 aromatic heterocycles. The van der Waals surface area contributed by atoms with E-state index in [0.717, 1.165) is 41.3 Å². The maximum absolute atomic E-state index is 13.7. The summed E-state index contributed by atoms with van der Waals surface area (Å²) in [4.78, 5) is 68.2. The van der Waals surface area contributed by atoms with Gasteiger partial charge in [-0.3, -0.25) is 19.2 Å². The average Bonchev–Trinajstić information content (AvgIpc) is 3.54. The number of benzene rings is 2. The number of carboxylic acids is 1. The van der Waals surface area contributed by atoms with Crippen molar-refractivity contribution in [1.82, 2.24) is 26.3 Å². The molecule has 3 rings (SSSR count). The minimum atomic E-state index is -1.25. The average molecular weight is 732 g/mol. The minimum Gasteiger partial charge on any atom is -0.480 e. The first-order valence-corrected chi connectivity index (χ1v) is 19.6. The molecule has 0 saturated heterocycles. The number of hydrogen-bond donors (Lipinski definition) is 6. The first kappa shape index (κ1) is 42.7. The lowest BCUT2D eigenvalue weighted by Crippen LogP contribution is -2.57. The molecule has 11 heteroatoms.